The van der Waals surface area contributed by atoms with E-state index in [0.717, 1.165) is 12.8 Å². The van der Waals surface area contributed by atoms with E-state index in [1.807, 2.05) is 6.92 Å². The van der Waals surface area contributed by atoms with E-state index >= 15 is 0 Å². The van der Waals surface area contributed by atoms with Gasteiger partial charge in [0.25, 0.3) is 0 Å². The molecule has 502 valence electrons. The Balaban J connectivity index is 0.776. The van der Waals surface area contributed by atoms with Crippen LogP contribution in [0.2, 0.25) is 0 Å². The molecule has 10 aliphatic rings. The Morgan fingerprint density at radius 2 is 0.977 bits per heavy atom. The number of ether oxygens (including phenoxy) is 11. The van der Waals surface area contributed by atoms with Crippen molar-refractivity contribution in [2.24, 2.45) is 46.3 Å². The lowest BCUT2D eigenvalue weighted by atomic mass is 9.43. The molecule has 0 aromatic rings. The molecule has 0 unspecified atom stereocenters. The molecule has 0 spiro atoms. The highest BCUT2D eigenvalue weighted by molar-refractivity contribution is 5.18. The summed E-state index contributed by atoms with van der Waals surface area (Å²) in [6, 6.07) is 0. The minimum atomic E-state index is -2.08. The van der Waals surface area contributed by atoms with Crippen molar-refractivity contribution >= 4 is 0 Å². The maximum absolute atomic E-state index is 12.4. The van der Waals surface area contributed by atoms with Gasteiger partial charge in [-0.15, -0.1) is 0 Å². The largest absolute Gasteiger partial charge is 0.394 e. The lowest BCUT2D eigenvalue weighted by Crippen LogP contribution is -2.68. The minimum absolute atomic E-state index is 0.0915. The fourth-order valence-electron chi connectivity index (χ4n) is 16.9. The van der Waals surface area contributed by atoms with Crippen LogP contribution in [0.5, 0.6) is 0 Å². The molecule has 4 saturated carbocycles. The van der Waals surface area contributed by atoms with Crippen molar-refractivity contribution in [2.75, 3.05) is 39.6 Å². The highest BCUT2D eigenvalue weighted by Crippen LogP contribution is 2.71. The summed E-state index contributed by atoms with van der Waals surface area (Å²) in [6.07, 6.45) is -40.6. The first kappa shape index (κ1) is 68.4. The fraction of sp³-hybridized carbons (Fsp3) is 0.965. The SMILES string of the molecule is C=C(CC[C@@]1(O)O[C@H]2C[C@H]3[C@@H]4CC[C@H]5C[C@@H](O[C@@H]6O[C@H](CO)[C@H](O[C@@H]7O[C@H](CO)[C@@H](O)[C@H](O[C@@H]8O[C@H](CO)[C@@H](O)[C@H](O)[C@H]8O)[C@H]7O[C@@H]7O[C@H](CO)[C@@H](O)[C@H](O)[C@H]7O)[C@H](O)[C@H]6O)CC[C@]5(C)[C@H]4C[C@@H](O)[C@]3(C)[C@H]2[C@@H]1C)CO[C@@H]1O[C@H](CO)[C@@H](O)[C@H](O)[C@H]1O. The summed E-state index contributed by atoms with van der Waals surface area (Å²) in [4.78, 5) is 0. The number of aliphatic hydroxyl groups is 19. The van der Waals surface area contributed by atoms with Gasteiger partial charge in [-0.2, -0.15) is 0 Å². The Hall–Kier alpha value is -1.46. The van der Waals surface area contributed by atoms with E-state index in [-0.39, 0.29) is 66.5 Å². The third-order valence-electron chi connectivity index (χ3n) is 22.1. The van der Waals surface area contributed by atoms with Gasteiger partial charge in [0.15, 0.2) is 37.2 Å². The third kappa shape index (κ3) is 12.4. The summed E-state index contributed by atoms with van der Waals surface area (Å²) in [7, 11) is 0. The molecule has 0 amide bonds. The first-order valence-corrected chi connectivity index (χ1v) is 30.7. The summed E-state index contributed by atoms with van der Waals surface area (Å²) in [5.41, 5.74) is -0.258. The number of aliphatic hydroxyl groups excluding tert-OH is 18. The first-order valence-electron chi connectivity index (χ1n) is 30.7. The normalized spacial score (nSPS) is 55.2. The monoisotopic (exact) mass is 1260 g/mol. The predicted molar refractivity (Wildman–Crippen MR) is 286 cm³/mol. The number of rotatable bonds is 19. The highest BCUT2D eigenvalue weighted by Gasteiger charge is 2.71. The van der Waals surface area contributed by atoms with E-state index in [1.54, 1.807) is 0 Å². The van der Waals surface area contributed by atoms with Gasteiger partial charge in [0, 0.05) is 23.7 Å². The molecule has 0 bridgehead atoms. The van der Waals surface area contributed by atoms with Crippen molar-refractivity contribution in [3.8, 4) is 0 Å². The summed E-state index contributed by atoms with van der Waals surface area (Å²) in [5, 5.41) is 205. The van der Waals surface area contributed by atoms with Crippen LogP contribution in [-0.4, -0.2) is 314 Å². The molecule has 6 saturated heterocycles. The van der Waals surface area contributed by atoms with Crippen LogP contribution < -0.4 is 0 Å². The second-order valence-electron chi connectivity index (χ2n) is 26.7. The Labute approximate surface area is 502 Å². The van der Waals surface area contributed by atoms with Crippen molar-refractivity contribution < 1.29 is 149 Å². The highest BCUT2D eigenvalue weighted by atomic mass is 16.8. The van der Waals surface area contributed by atoms with Crippen molar-refractivity contribution in [1.82, 2.24) is 0 Å². The van der Waals surface area contributed by atoms with E-state index in [1.165, 1.54) is 0 Å². The van der Waals surface area contributed by atoms with Gasteiger partial charge in [0.2, 0.25) is 0 Å². The van der Waals surface area contributed by atoms with Crippen LogP contribution in [0.1, 0.15) is 78.6 Å². The standard InChI is InChI=1S/C57H94O30/c1-20(19-77-50-43(72)39(68)35(64)28(14-58)79-50)7-10-57(76)21(2)34-27(87-57)12-26-24-6-5-22-11-23(8-9-55(22,3)25(24)13-33(63)56(26,34)4)78-51-46(75)42(71)47(32(18-62)83-51)84-54-49(86-53-45(74)41(70)37(66)30(16-60)81-53)48(38(67)31(17-61)82-54)85-52-44(73)40(69)36(65)29(15-59)80-52/h21-54,58-76H,1,5-19H2,2-4H3/t21-,22-,23-,24+,25-,26-,27-,28+,29+,30+,31+,32+,33+,34-,35+,36+,37+,38+,39-,40-,41-,42+,43+,44+,45+,46+,47-,48-,49+,50+,51+,52-,53-,54-,55-,56+,57+/m0/s1. The second kappa shape index (κ2) is 27.1. The summed E-state index contributed by atoms with van der Waals surface area (Å²) in [5.74, 6) is -1.49. The lowest BCUT2D eigenvalue weighted by Gasteiger charge is -2.62. The lowest BCUT2D eigenvalue weighted by molar-refractivity contribution is -0.406. The summed E-state index contributed by atoms with van der Waals surface area (Å²) >= 11 is 0. The molecule has 37 atom stereocenters. The fourth-order valence-corrected chi connectivity index (χ4v) is 16.9. The van der Waals surface area contributed by atoms with E-state index < -0.39 is 210 Å². The zero-order chi connectivity index (χ0) is 63.1. The van der Waals surface area contributed by atoms with Gasteiger partial charge in [0.1, 0.15) is 122 Å². The van der Waals surface area contributed by atoms with E-state index in [2.05, 4.69) is 20.4 Å². The summed E-state index contributed by atoms with van der Waals surface area (Å²) < 4.78 is 65.6. The average molecular weight is 1260 g/mol. The molecular weight excluding hydrogens is 1160 g/mol. The Kier molecular flexibility index (Phi) is 21.3. The van der Waals surface area contributed by atoms with Crippen LogP contribution >= 0.6 is 0 Å². The van der Waals surface area contributed by atoms with Gasteiger partial charge in [-0.05, 0) is 80.5 Å². The molecule has 30 heteroatoms. The van der Waals surface area contributed by atoms with Crippen molar-refractivity contribution in [1.29, 1.82) is 0 Å². The average Bonchev–Trinajstić information content (AvgIpc) is 1.58. The second-order valence-corrected chi connectivity index (χ2v) is 26.7. The topological polar surface area (TPSA) is 486 Å². The van der Waals surface area contributed by atoms with Crippen LogP contribution in [0, 0.1) is 46.3 Å². The van der Waals surface area contributed by atoms with Gasteiger partial charge in [-0.3, -0.25) is 0 Å². The van der Waals surface area contributed by atoms with Crippen molar-refractivity contribution in [3.63, 3.8) is 0 Å². The predicted octanol–water partition coefficient (Wildman–Crippen LogP) is -7.24. The van der Waals surface area contributed by atoms with E-state index in [9.17, 15) is 97.0 Å². The molecule has 87 heavy (non-hydrogen) atoms. The van der Waals surface area contributed by atoms with Gasteiger partial charge < -0.3 is 149 Å². The quantitative estimate of drug-likeness (QED) is 0.0422. The van der Waals surface area contributed by atoms with Crippen molar-refractivity contribution in [2.45, 2.75) is 256 Å². The van der Waals surface area contributed by atoms with Crippen molar-refractivity contribution in [3.05, 3.63) is 12.2 Å². The zero-order valence-electron chi connectivity index (χ0n) is 48.9. The molecule has 0 radical (unpaired) electrons. The Morgan fingerprint density at radius 3 is 1.55 bits per heavy atom. The number of hydrogen-bond acceptors (Lipinski definition) is 30. The molecule has 0 aromatic carbocycles. The van der Waals surface area contributed by atoms with E-state index in [0.29, 0.717) is 37.7 Å². The Bertz CT molecular complexity index is 2270. The zero-order valence-corrected chi connectivity index (χ0v) is 48.9. The van der Waals surface area contributed by atoms with E-state index in [4.69, 9.17) is 52.1 Å². The van der Waals surface area contributed by atoms with Gasteiger partial charge in [0.05, 0.1) is 58.0 Å². The molecular formula is C57H94O30. The van der Waals surface area contributed by atoms with Crippen LogP contribution in [0.15, 0.2) is 12.2 Å². The van der Waals surface area contributed by atoms with Gasteiger partial charge in [-0.25, -0.2) is 0 Å². The molecule has 10 rings (SSSR count). The summed E-state index contributed by atoms with van der Waals surface area (Å²) in [6.45, 7) is 6.14. The maximum atomic E-state index is 12.4. The maximum Gasteiger partial charge on any atom is 0.187 e. The third-order valence-corrected chi connectivity index (χ3v) is 22.1. The molecule has 10 fully saturated rings. The Morgan fingerprint density at radius 1 is 0.494 bits per heavy atom. The van der Waals surface area contributed by atoms with Crippen LogP contribution in [-0.2, 0) is 52.1 Å². The van der Waals surface area contributed by atoms with Gasteiger partial charge >= 0.3 is 0 Å². The molecule has 4 aliphatic carbocycles. The molecule has 6 aliphatic heterocycles. The number of hydrogen-bond donors (Lipinski definition) is 19. The molecule has 6 heterocycles. The minimum Gasteiger partial charge on any atom is -0.394 e. The molecule has 30 nitrogen and oxygen atoms in total. The molecule has 19 N–H and O–H groups in total. The first-order chi connectivity index (χ1) is 41.2. The number of fused-ring (bicyclic) bond motifs is 7. The van der Waals surface area contributed by atoms with Gasteiger partial charge in [-0.1, -0.05) is 32.9 Å². The van der Waals surface area contributed by atoms with Crippen LogP contribution in [0.25, 0.3) is 0 Å². The smallest absolute Gasteiger partial charge is 0.187 e. The van der Waals surface area contributed by atoms with Crippen LogP contribution in [0.3, 0.4) is 0 Å². The van der Waals surface area contributed by atoms with Crippen LogP contribution in [0.4, 0.5) is 0 Å². The molecule has 0 aromatic heterocycles.